The maximum atomic E-state index is 4.49. The van der Waals surface area contributed by atoms with Gasteiger partial charge in [0, 0.05) is 32.4 Å². The van der Waals surface area contributed by atoms with E-state index in [0.29, 0.717) is 0 Å². The van der Waals surface area contributed by atoms with Gasteiger partial charge in [0.05, 0.1) is 4.47 Å². The Morgan fingerprint density at radius 2 is 1.93 bits per heavy atom. The van der Waals surface area contributed by atoms with Crippen LogP contribution in [-0.2, 0) is 0 Å². The van der Waals surface area contributed by atoms with Crippen LogP contribution in [0.2, 0.25) is 0 Å². The third kappa shape index (κ3) is 2.49. The van der Waals surface area contributed by atoms with E-state index in [4.69, 9.17) is 0 Å². The third-order valence-electron chi connectivity index (χ3n) is 2.76. The lowest BCUT2D eigenvalue weighted by atomic mass is 10.3. The molecule has 1 aliphatic heterocycles. The Hall–Kier alpha value is -0.610. The number of pyridine rings is 1. The van der Waals surface area contributed by atoms with E-state index in [9.17, 15) is 0 Å². The molecule has 0 N–H and O–H groups in total. The van der Waals surface area contributed by atoms with E-state index in [1.54, 1.807) is 0 Å². The highest BCUT2D eigenvalue weighted by Gasteiger charge is 2.17. The fourth-order valence-electron chi connectivity index (χ4n) is 1.78. The molecule has 0 amide bonds. The Morgan fingerprint density at radius 3 is 2.53 bits per heavy atom. The standard InChI is InChI=1S/C11H16BrN3/c1-9-7-10(12)11(13-8-9)15-5-3-14(2)4-6-15/h7-8H,3-6H2,1-2H3. The highest BCUT2D eigenvalue weighted by atomic mass is 79.9. The van der Waals surface area contributed by atoms with Crippen molar-refractivity contribution in [1.82, 2.24) is 9.88 Å². The fourth-order valence-corrected chi connectivity index (χ4v) is 2.49. The van der Waals surface area contributed by atoms with Crippen LogP contribution in [0, 0.1) is 6.92 Å². The number of nitrogens with zero attached hydrogens (tertiary/aromatic N) is 3. The molecule has 4 heteroatoms. The van der Waals surface area contributed by atoms with Crippen LogP contribution in [0.4, 0.5) is 5.82 Å². The Kier molecular flexibility index (Phi) is 3.26. The maximum Gasteiger partial charge on any atom is 0.142 e. The minimum Gasteiger partial charge on any atom is -0.353 e. The summed E-state index contributed by atoms with van der Waals surface area (Å²) in [6.07, 6.45) is 1.93. The number of anilines is 1. The lowest BCUT2D eigenvalue weighted by Crippen LogP contribution is -2.44. The summed E-state index contributed by atoms with van der Waals surface area (Å²) in [5, 5.41) is 0. The summed E-state index contributed by atoms with van der Waals surface area (Å²) in [5.74, 6) is 1.08. The Labute approximate surface area is 99.2 Å². The Bertz CT molecular complexity index is 346. The molecule has 0 saturated carbocycles. The van der Waals surface area contributed by atoms with Crippen molar-refractivity contribution in [3.8, 4) is 0 Å². The average molecular weight is 270 g/mol. The smallest absolute Gasteiger partial charge is 0.142 e. The van der Waals surface area contributed by atoms with Crippen molar-refractivity contribution in [1.29, 1.82) is 0 Å². The summed E-state index contributed by atoms with van der Waals surface area (Å²) in [4.78, 5) is 9.17. The van der Waals surface area contributed by atoms with Gasteiger partial charge in [-0.1, -0.05) is 0 Å². The molecular weight excluding hydrogens is 254 g/mol. The first-order valence-corrected chi connectivity index (χ1v) is 6.02. The van der Waals surface area contributed by atoms with Gasteiger partial charge in [0.1, 0.15) is 5.82 Å². The molecule has 0 unspecified atom stereocenters. The van der Waals surface area contributed by atoms with Gasteiger partial charge in [-0.05, 0) is 41.5 Å². The Morgan fingerprint density at radius 1 is 1.27 bits per heavy atom. The quantitative estimate of drug-likeness (QED) is 0.777. The van der Waals surface area contributed by atoms with Gasteiger partial charge in [0.25, 0.3) is 0 Å². The first-order valence-electron chi connectivity index (χ1n) is 5.22. The van der Waals surface area contributed by atoms with Crippen molar-refractivity contribution in [3.05, 3.63) is 22.3 Å². The summed E-state index contributed by atoms with van der Waals surface area (Å²) in [5.41, 5.74) is 1.19. The molecule has 1 aromatic heterocycles. The summed E-state index contributed by atoms with van der Waals surface area (Å²) in [6.45, 7) is 6.41. The van der Waals surface area contributed by atoms with Crippen molar-refractivity contribution >= 4 is 21.7 Å². The minimum absolute atomic E-state index is 1.06. The van der Waals surface area contributed by atoms with Gasteiger partial charge in [0.15, 0.2) is 0 Å². The Balaban J connectivity index is 2.15. The topological polar surface area (TPSA) is 19.4 Å². The highest BCUT2D eigenvalue weighted by Crippen LogP contribution is 2.25. The van der Waals surface area contributed by atoms with E-state index in [-0.39, 0.29) is 0 Å². The van der Waals surface area contributed by atoms with Gasteiger partial charge in [-0.3, -0.25) is 0 Å². The van der Waals surface area contributed by atoms with Crippen LogP contribution < -0.4 is 4.90 Å². The van der Waals surface area contributed by atoms with Crippen LogP contribution >= 0.6 is 15.9 Å². The van der Waals surface area contributed by atoms with Crippen LogP contribution in [-0.4, -0.2) is 43.1 Å². The molecule has 0 atom stereocenters. The first-order chi connectivity index (χ1) is 7.16. The molecule has 1 saturated heterocycles. The van der Waals surface area contributed by atoms with Crippen LogP contribution in [0.15, 0.2) is 16.7 Å². The lowest BCUT2D eigenvalue weighted by molar-refractivity contribution is 0.312. The van der Waals surface area contributed by atoms with E-state index in [0.717, 1.165) is 36.5 Å². The maximum absolute atomic E-state index is 4.49. The molecule has 0 radical (unpaired) electrons. The van der Waals surface area contributed by atoms with Crippen molar-refractivity contribution in [2.75, 3.05) is 38.1 Å². The van der Waals surface area contributed by atoms with Gasteiger partial charge in [0.2, 0.25) is 0 Å². The second-order valence-electron chi connectivity index (χ2n) is 4.11. The van der Waals surface area contributed by atoms with Gasteiger partial charge in [-0.15, -0.1) is 0 Å². The largest absolute Gasteiger partial charge is 0.353 e. The molecule has 0 bridgehead atoms. The second kappa shape index (κ2) is 4.49. The molecule has 15 heavy (non-hydrogen) atoms. The molecule has 2 rings (SSSR count). The van der Waals surface area contributed by atoms with Gasteiger partial charge in [-0.2, -0.15) is 0 Å². The van der Waals surface area contributed by atoms with Gasteiger partial charge < -0.3 is 9.80 Å². The van der Waals surface area contributed by atoms with Crippen molar-refractivity contribution in [2.24, 2.45) is 0 Å². The van der Waals surface area contributed by atoms with E-state index >= 15 is 0 Å². The number of aryl methyl sites for hydroxylation is 1. The fraction of sp³-hybridized carbons (Fsp3) is 0.545. The lowest BCUT2D eigenvalue weighted by Gasteiger charge is -2.33. The number of aromatic nitrogens is 1. The van der Waals surface area contributed by atoms with E-state index in [2.05, 4.69) is 50.8 Å². The molecule has 0 aliphatic carbocycles. The number of rotatable bonds is 1. The molecule has 1 fully saturated rings. The number of piperazine rings is 1. The third-order valence-corrected chi connectivity index (χ3v) is 3.34. The molecule has 1 aliphatic rings. The minimum atomic E-state index is 1.06. The number of hydrogen-bond donors (Lipinski definition) is 0. The van der Waals surface area contributed by atoms with Crippen LogP contribution in [0.3, 0.4) is 0 Å². The summed E-state index contributed by atoms with van der Waals surface area (Å²) in [6, 6.07) is 2.13. The SMILES string of the molecule is Cc1cnc(N2CCN(C)CC2)c(Br)c1. The van der Waals surface area contributed by atoms with Gasteiger partial charge in [-0.25, -0.2) is 4.98 Å². The zero-order valence-corrected chi connectivity index (χ0v) is 10.8. The van der Waals surface area contributed by atoms with Crippen molar-refractivity contribution in [2.45, 2.75) is 6.92 Å². The molecule has 0 aromatic carbocycles. The van der Waals surface area contributed by atoms with E-state index in [1.165, 1.54) is 5.56 Å². The van der Waals surface area contributed by atoms with Crippen molar-refractivity contribution < 1.29 is 0 Å². The van der Waals surface area contributed by atoms with Gasteiger partial charge >= 0.3 is 0 Å². The number of halogens is 1. The summed E-state index contributed by atoms with van der Waals surface area (Å²) < 4.78 is 1.10. The zero-order valence-electron chi connectivity index (χ0n) is 9.20. The van der Waals surface area contributed by atoms with Crippen LogP contribution in [0.1, 0.15) is 5.56 Å². The van der Waals surface area contributed by atoms with Crippen LogP contribution in [0.5, 0.6) is 0 Å². The number of likely N-dealkylation sites (N-methyl/N-ethyl adjacent to an activating group) is 1. The molecule has 0 spiro atoms. The summed E-state index contributed by atoms with van der Waals surface area (Å²) in [7, 11) is 2.16. The zero-order chi connectivity index (χ0) is 10.8. The molecule has 1 aromatic rings. The second-order valence-corrected chi connectivity index (χ2v) is 4.96. The molecule has 3 nitrogen and oxygen atoms in total. The molecule has 82 valence electrons. The molecular formula is C11H16BrN3. The predicted molar refractivity (Wildman–Crippen MR) is 66.4 cm³/mol. The normalized spacial score (nSPS) is 18.2. The average Bonchev–Trinajstić information content (AvgIpc) is 2.20. The van der Waals surface area contributed by atoms with E-state index < -0.39 is 0 Å². The summed E-state index contributed by atoms with van der Waals surface area (Å²) >= 11 is 3.58. The van der Waals surface area contributed by atoms with E-state index in [1.807, 2.05) is 6.20 Å². The highest BCUT2D eigenvalue weighted by molar-refractivity contribution is 9.10. The van der Waals surface area contributed by atoms with Crippen LogP contribution in [0.25, 0.3) is 0 Å². The first kappa shape index (κ1) is 10.9. The monoisotopic (exact) mass is 269 g/mol. The van der Waals surface area contributed by atoms with Crippen molar-refractivity contribution in [3.63, 3.8) is 0 Å². The predicted octanol–water partition coefficient (Wildman–Crippen LogP) is 1.90. The molecule has 2 heterocycles. The number of hydrogen-bond acceptors (Lipinski definition) is 3.